The van der Waals surface area contributed by atoms with Crippen molar-refractivity contribution in [3.63, 3.8) is 0 Å². The summed E-state index contributed by atoms with van der Waals surface area (Å²) in [5.41, 5.74) is -0.256. The van der Waals surface area contributed by atoms with Crippen LogP contribution < -0.4 is 0 Å². The molecule has 2 atom stereocenters. The summed E-state index contributed by atoms with van der Waals surface area (Å²) in [5.74, 6) is 0. The topological polar surface area (TPSA) is 29.5 Å². The second-order valence-corrected chi connectivity index (χ2v) is 3.92. The van der Waals surface area contributed by atoms with Crippen molar-refractivity contribution in [2.24, 2.45) is 0 Å². The highest BCUT2D eigenvalue weighted by Crippen LogP contribution is 2.29. The Bertz CT molecular complexity index is 128. The maximum absolute atomic E-state index is 9.81. The van der Waals surface area contributed by atoms with Crippen molar-refractivity contribution in [1.82, 2.24) is 0 Å². The maximum Gasteiger partial charge on any atom is 0.0912 e. The van der Waals surface area contributed by atoms with Gasteiger partial charge in [0.2, 0.25) is 0 Å². The highest BCUT2D eigenvalue weighted by Gasteiger charge is 2.34. The molecule has 1 N–H and O–H groups in total. The van der Waals surface area contributed by atoms with Gasteiger partial charge in [0.1, 0.15) is 0 Å². The Hall–Kier alpha value is -0.0800. The Morgan fingerprint density at radius 2 is 2.25 bits per heavy atom. The quantitative estimate of drug-likeness (QED) is 0.706. The van der Waals surface area contributed by atoms with Gasteiger partial charge in [-0.3, -0.25) is 0 Å². The molecule has 12 heavy (non-hydrogen) atoms. The van der Waals surface area contributed by atoms with Crippen molar-refractivity contribution in [3.05, 3.63) is 0 Å². The van der Waals surface area contributed by atoms with Crippen LogP contribution in [0.3, 0.4) is 0 Å². The number of aliphatic hydroxyl groups is 1. The average molecular weight is 172 g/mol. The van der Waals surface area contributed by atoms with Crippen LogP contribution in [0.25, 0.3) is 0 Å². The third-order valence-electron chi connectivity index (χ3n) is 2.77. The average Bonchev–Trinajstić information content (AvgIpc) is 2.06. The Labute approximate surface area is 74.9 Å². The van der Waals surface area contributed by atoms with Gasteiger partial charge in [0.05, 0.1) is 11.7 Å². The summed E-state index contributed by atoms with van der Waals surface area (Å²) in [6.07, 6.45) is 4.96. The van der Waals surface area contributed by atoms with Crippen LogP contribution in [0.15, 0.2) is 0 Å². The molecule has 0 aromatic heterocycles. The summed E-state index contributed by atoms with van der Waals surface area (Å²) < 4.78 is 5.63. The normalized spacial score (nSPS) is 33.2. The second-order valence-electron chi connectivity index (χ2n) is 3.92. The molecular weight excluding hydrogens is 152 g/mol. The number of hydrogen-bond acceptors (Lipinski definition) is 2. The molecule has 0 aliphatic carbocycles. The van der Waals surface area contributed by atoms with Gasteiger partial charge in [0.15, 0.2) is 0 Å². The lowest BCUT2D eigenvalue weighted by Crippen LogP contribution is -2.44. The maximum atomic E-state index is 9.81. The molecule has 0 saturated carbocycles. The molecule has 0 spiro atoms. The van der Waals surface area contributed by atoms with Gasteiger partial charge in [0.25, 0.3) is 0 Å². The molecule has 0 aromatic carbocycles. The van der Waals surface area contributed by atoms with E-state index in [2.05, 4.69) is 6.92 Å². The first-order valence-corrected chi connectivity index (χ1v) is 5.01. The number of aliphatic hydroxyl groups excluding tert-OH is 1. The van der Waals surface area contributed by atoms with E-state index in [9.17, 15) is 5.11 Å². The SMILES string of the molecule is CCCC(O)C1(C)CCCCO1. The molecule has 72 valence electrons. The van der Waals surface area contributed by atoms with Crippen molar-refractivity contribution >= 4 is 0 Å². The minimum absolute atomic E-state index is 0.256. The van der Waals surface area contributed by atoms with Gasteiger partial charge in [-0.15, -0.1) is 0 Å². The van der Waals surface area contributed by atoms with Crippen LogP contribution in [0.5, 0.6) is 0 Å². The van der Waals surface area contributed by atoms with Crippen LogP contribution in [0, 0.1) is 0 Å². The van der Waals surface area contributed by atoms with E-state index >= 15 is 0 Å². The van der Waals surface area contributed by atoms with E-state index in [0.29, 0.717) is 0 Å². The van der Waals surface area contributed by atoms with Crippen LogP contribution in [0.4, 0.5) is 0 Å². The van der Waals surface area contributed by atoms with Crippen LogP contribution in [-0.2, 0) is 4.74 Å². The molecular formula is C10H20O2. The predicted molar refractivity (Wildman–Crippen MR) is 49.1 cm³/mol. The van der Waals surface area contributed by atoms with E-state index in [-0.39, 0.29) is 11.7 Å². The lowest BCUT2D eigenvalue weighted by atomic mass is 9.88. The zero-order valence-electron chi connectivity index (χ0n) is 8.18. The van der Waals surface area contributed by atoms with Gasteiger partial charge in [-0.05, 0) is 32.6 Å². The van der Waals surface area contributed by atoms with Gasteiger partial charge in [-0.25, -0.2) is 0 Å². The summed E-state index contributed by atoms with van der Waals surface area (Å²) >= 11 is 0. The zero-order valence-corrected chi connectivity index (χ0v) is 8.18. The fraction of sp³-hybridized carbons (Fsp3) is 1.00. The standard InChI is InChI=1S/C10H20O2/c1-3-6-9(11)10(2)7-4-5-8-12-10/h9,11H,3-8H2,1-2H3. The van der Waals surface area contributed by atoms with Gasteiger partial charge in [-0.1, -0.05) is 13.3 Å². The van der Waals surface area contributed by atoms with E-state index in [1.54, 1.807) is 0 Å². The van der Waals surface area contributed by atoms with Gasteiger partial charge in [-0.2, -0.15) is 0 Å². The first-order chi connectivity index (χ1) is 5.69. The third kappa shape index (κ3) is 2.20. The van der Waals surface area contributed by atoms with E-state index in [1.807, 2.05) is 6.92 Å². The number of ether oxygens (including phenoxy) is 1. The smallest absolute Gasteiger partial charge is 0.0912 e. The molecule has 0 aromatic rings. The zero-order chi connectivity index (χ0) is 9.03. The van der Waals surface area contributed by atoms with Crippen molar-refractivity contribution in [2.75, 3.05) is 6.61 Å². The fourth-order valence-corrected chi connectivity index (χ4v) is 1.80. The molecule has 1 rings (SSSR count). The number of rotatable bonds is 3. The highest BCUT2D eigenvalue weighted by atomic mass is 16.5. The molecule has 1 aliphatic heterocycles. The van der Waals surface area contributed by atoms with Crippen molar-refractivity contribution in [2.45, 2.75) is 57.7 Å². The lowest BCUT2D eigenvalue weighted by Gasteiger charge is -2.37. The molecule has 1 aliphatic rings. The predicted octanol–water partition coefficient (Wildman–Crippen LogP) is 2.11. The van der Waals surface area contributed by atoms with Crippen LogP contribution >= 0.6 is 0 Å². The van der Waals surface area contributed by atoms with Crippen LogP contribution in [0.1, 0.15) is 46.0 Å². The molecule has 1 saturated heterocycles. The Kier molecular flexibility index (Phi) is 3.53. The molecule has 2 nitrogen and oxygen atoms in total. The van der Waals surface area contributed by atoms with E-state index in [1.165, 1.54) is 6.42 Å². The Morgan fingerprint density at radius 3 is 2.75 bits per heavy atom. The first kappa shape index (κ1) is 10.0. The monoisotopic (exact) mass is 172 g/mol. The second kappa shape index (κ2) is 4.24. The molecule has 1 heterocycles. The van der Waals surface area contributed by atoms with Gasteiger partial charge in [0, 0.05) is 6.61 Å². The molecule has 1 fully saturated rings. The Morgan fingerprint density at radius 1 is 1.50 bits per heavy atom. The largest absolute Gasteiger partial charge is 0.390 e. The molecule has 0 bridgehead atoms. The minimum atomic E-state index is -0.275. The molecule has 2 heteroatoms. The molecule has 2 unspecified atom stereocenters. The van der Waals surface area contributed by atoms with E-state index in [4.69, 9.17) is 4.74 Å². The van der Waals surface area contributed by atoms with Crippen LogP contribution in [0.2, 0.25) is 0 Å². The summed E-state index contributed by atoms with van der Waals surface area (Å²) in [7, 11) is 0. The highest BCUT2D eigenvalue weighted by molar-refractivity contribution is 4.85. The van der Waals surface area contributed by atoms with Crippen molar-refractivity contribution in [1.29, 1.82) is 0 Å². The third-order valence-corrected chi connectivity index (χ3v) is 2.77. The molecule has 0 radical (unpaired) electrons. The summed E-state index contributed by atoms with van der Waals surface area (Å²) in [4.78, 5) is 0. The molecule has 0 amide bonds. The summed E-state index contributed by atoms with van der Waals surface area (Å²) in [6.45, 7) is 4.94. The van der Waals surface area contributed by atoms with E-state index in [0.717, 1.165) is 32.3 Å². The summed E-state index contributed by atoms with van der Waals surface area (Å²) in [5, 5.41) is 9.81. The minimum Gasteiger partial charge on any atom is -0.390 e. The van der Waals surface area contributed by atoms with Crippen LogP contribution in [-0.4, -0.2) is 23.4 Å². The lowest BCUT2D eigenvalue weighted by molar-refractivity contribution is -0.138. The van der Waals surface area contributed by atoms with Gasteiger partial charge < -0.3 is 9.84 Å². The Balaban J connectivity index is 2.44. The fourth-order valence-electron chi connectivity index (χ4n) is 1.80. The summed E-state index contributed by atoms with van der Waals surface area (Å²) in [6, 6.07) is 0. The number of hydrogen-bond donors (Lipinski definition) is 1. The van der Waals surface area contributed by atoms with Gasteiger partial charge >= 0.3 is 0 Å². The van der Waals surface area contributed by atoms with E-state index < -0.39 is 0 Å². The first-order valence-electron chi connectivity index (χ1n) is 5.01. The van der Waals surface area contributed by atoms with Crippen molar-refractivity contribution < 1.29 is 9.84 Å². The van der Waals surface area contributed by atoms with Crippen molar-refractivity contribution in [3.8, 4) is 0 Å².